The van der Waals surface area contributed by atoms with Crippen LogP contribution in [-0.2, 0) is 18.9 Å². The largest absolute Gasteiger partial charge is 0.468 e. The summed E-state index contributed by atoms with van der Waals surface area (Å²) >= 11 is 0. The molecule has 2 unspecified atom stereocenters. The van der Waals surface area contributed by atoms with E-state index < -0.39 is 5.97 Å². The summed E-state index contributed by atoms with van der Waals surface area (Å²) in [5.74, 6) is 1.18. The zero-order valence-corrected chi connectivity index (χ0v) is 17.6. The van der Waals surface area contributed by atoms with E-state index in [-0.39, 0.29) is 24.8 Å². The molecule has 0 radical (unpaired) electrons. The van der Waals surface area contributed by atoms with Crippen LogP contribution in [0.4, 0.5) is 0 Å². The van der Waals surface area contributed by atoms with E-state index in [2.05, 4.69) is 0 Å². The van der Waals surface area contributed by atoms with E-state index in [0.29, 0.717) is 49.2 Å². The highest BCUT2D eigenvalue weighted by molar-refractivity contribution is 5.91. The van der Waals surface area contributed by atoms with Gasteiger partial charge in [0.2, 0.25) is 0 Å². The first-order chi connectivity index (χ1) is 14.9. The van der Waals surface area contributed by atoms with Crippen LogP contribution in [0.5, 0.6) is 17.2 Å². The fraction of sp³-hybridized carbons (Fsp3) is 0.435. The van der Waals surface area contributed by atoms with Gasteiger partial charge in [0.1, 0.15) is 28.5 Å². The number of benzene rings is 2. The lowest BCUT2D eigenvalue weighted by atomic mass is 10.2. The third-order valence-electron chi connectivity index (χ3n) is 4.83. The van der Waals surface area contributed by atoms with Crippen molar-refractivity contribution in [3.05, 3.63) is 54.1 Å². The van der Waals surface area contributed by atoms with Crippen molar-refractivity contribution in [2.45, 2.75) is 25.0 Å². The number of carbonyl (C=O) groups excluding carboxylic acids is 1. The van der Waals surface area contributed by atoms with Crippen molar-refractivity contribution in [2.75, 3.05) is 40.0 Å². The maximum atomic E-state index is 12.3. The van der Waals surface area contributed by atoms with Gasteiger partial charge in [0.25, 0.3) is 0 Å². The molecule has 2 aliphatic heterocycles. The Bertz CT molecular complexity index is 869. The van der Waals surface area contributed by atoms with Crippen LogP contribution in [0.25, 0.3) is 0 Å². The molecule has 0 spiro atoms. The normalized spacial score (nSPS) is 23.8. The first-order valence-corrected chi connectivity index (χ1v) is 10.0. The van der Waals surface area contributed by atoms with Crippen molar-refractivity contribution >= 4 is 5.97 Å². The Morgan fingerprint density at radius 1 is 0.774 bits per heavy atom. The van der Waals surface area contributed by atoms with E-state index in [1.54, 1.807) is 48.5 Å². The topological polar surface area (TPSA) is 88.3 Å². The maximum absolute atomic E-state index is 12.3. The third-order valence-corrected chi connectivity index (χ3v) is 4.83. The van der Waals surface area contributed by atoms with Crippen LogP contribution in [0, 0.1) is 0 Å². The Morgan fingerprint density at radius 3 is 1.65 bits per heavy atom. The summed E-state index contributed by atoms with van der Waals surface area (Å²) in [7, 11) is 0. The van der Waals surface area contributed by atoms with Crippen LogP contribution in [0.3, 0.4) is 0 Å². The van der Waals surface area contributed by atoms with E-state index in [9.17, 15) is 4.79 Å². The number of hydrogen-bond donors (Lipinski definition) is 0. The quantitative estimate of drug-likeness (QED) is 0.167. The monoisotopic (exact) mass is 430 g/mol. The average molecular weight is 430 g/mol. The van der Waals surface area contributed by atoms with Gasteiger partial charge in [0.15, 0.2) is 13.6 Å². The van der Waals surface area contributed by atoms with Crippen molar-refractivity contribution < 1.29 is 38.0 Å². The average Bonchev–Trinajstić information content (AvgIpc) is 3.69. The minimum atomic E-state index is -0.462. The van der Waals surface area contributed by atoms with Gasteiger partial charge in [-0.25, -0.2) is 4.79 Å². The van der Waals surface area contributed by atoms with E-state index in [1.807, 2.05) is 13.8 Å². The molecule has 2 atom stereocenters. The second-order valence-electron chi connectivity index (χ2n) is 8.08. The zero-order valence-electron chi connectivity index (χ0n) is 17.6. The van der Waals surface area contributed by atoms with E-state index in [1.165, 1.54) is 0 Å². The predicted octanol–water partition coefficient (Wildman–Crippen LogP) is 3.19. The number of rotatable bonds is 12. The van der Waals surface area contributed by atoms with E-state index >= 15 is 0 Å². The number of epoxide rings is 2. The number of carbonyl (C=O) groups is 1. The molecule has 2 heterocycles. The Hall–Kier alpha value is -2.65. The summed E-state index contributed by atoms with van der Waals surface area (Å²) in [6.07, 6.45) is 0. The minimum absolute atomic E-state index is 0.120. The molecule has 31 heavy (non-hydrogen) atoms. The van der Waals surface area contributed by atoms with Gasteiger partial charge in [-0.2, -0.15) is 0 Å². The van der Waals surface area contributed by atoms with Crippen molar-refractivity contribution in [3.63, 3.8) is 0 Å². The molecule has 8 heteroatoms. The fourth-order valence-electron chi connectivity index (χ4n) is 2.60. The summed E-state index contributed by atoms with van der Waals surface area (Å²) in [6, 6.07) is 13.4. The molecule has 0 saturated carbocycles. The smallest absolute Gasteiger partial charge is 0.343 e. The van der Waals surface area contributed by atoms with Gasteiger partial charge in [0, 0.05) is 0 Å². The second-order valence-corrected chi connectivity index (χ2v) is 8.08. The van der Waals surface area contributed by atoms with Crippen molar-refractivity contribution in [3.8, 4) is 17.2 Å². The van der Waals surface area contributed by atoms with Gasteiger partial charge in [-0.05, 0) is 62.4 Å². The highest BCUT2D eigenvalue weighted by atomic mass is 16.7. The van der Waals surface area contributed by atoms with Gasteiger partial charge < -0.3 is 33.2 Å². The molecule has 2 fully saturated rings. The lowest BCUT2D eigenvalue weighted by Crippen LogP contribution is -2.17. The molecule has 166 valence electrons. The second kappa shape index (κ2) is 9.23. The first-order valence-electron chi connectivity index (χ1n) is 10.0. The van der Waals surface area contributed by atoms with Crippen LogP contribution in [0.1, 0.15) is 24.2 Å². The molecule has 0 amide bonds. The van der Waals surface area contributed by atoms with Gasteiger partial charge in [0.05, 0.1) is 32.0 Å². The summed E-state index contributed by atoms with van der Waals surface area (Å²) < 4.78 is 37.7. The summed E-state index contributed by atoms with van der Waals surface area (Å²) in [5, 5.41) is 0. The van der Waals surface area contributed by atoms with Gasteiger partial charge >= 0.3 is 5.97 Å². The molecule has 2 saturated heterocycles. The molecule has 0 bridgehead atoms. The standard InChI is InChI=1S/C23H26O8/c1-22(13-29-22)11-25-15-27-18-5-3-17(4-6-18)21(24)31-20-9-7-19(8-10-20)28-16-26-12-23(2)14-30-23/h3-10H,11-16H2,1-2H3. The first kappa shape index (κ1) is 21.6. The molecule has 8 nitrogen and oxygen atoms in total. The molecule has 2 aromatic rings. The lowest BCUT2D eigenvalue weighted by molar-refractivity contribution is -0.00715. The minimum Gasteiger partial charge on any atom is -0.468 e. The summed E-state index contributed by atoms with van der Waals surface area (Å²) in [4.78, 5) is 12.3. The molecule has 0 aliphatic carbocycles. The van der Waals surface area contributed by atoms with Crippen molar-refractivity contribution in [2.24, 2.45) is 0 Å². The molecule has 0 aromatic heterocycles. The Morgan fingerprint density at radius 2 is 1.19 bits per heavy atom. The maximum Gasteiger partial charge on any atom is 0.343 e. The Labute approximate surface area is 180 Å². The van der Waals surface area contributed by atoms with Crippen LogP contribution in [0.2, 0.25) is 0 Å². The van der Waals surface area contributed by atoms with Crippen LogP contribution < -0.4 is 14.2 Å². The van der Waals surface area contributed by atoms with Crippen LogP contribution >= 0.6 is 0 Å². The molecule has 0 N–H and O–H groups in total. The van der Waals surface area contributed by atoms with Gasteiger partial charge in [-0.1, -0.05) is 0 Å². The Kier molecular flexibility index (Phi) is 6.43. The Balaban J connectivity index is 1.17. The third kappa shape index (κ3) is 6.67. The van der Waals surface area contributed by atoms with Crippen molar-refractivity contribution in [1.29, 1.82) is 0 Å². The SMILES string of the molecule is CC1(COCOc2ccc(OC(=O)c3ccc(OCOCC4(C)CO4)cc3)cc2)CO1. The molecular formula is C23H26O8. The van der Waals surface area contributed by atoms with E-state index in [4.69, 9.17) is 33.2 Å². The number of ether oxygens (including phenoxy) is 7. The lowest BCUT2D eigenvalue weighted by Gasteiger charge is -2.10. The van der Waals surface area contributed by atoms with Crippen LogP contribution in [0.15, 0.2) is 48.5 Å². The summed E-state index contributed by atoms with van der Waals surface area (Å²) in [5.41, 5.74) is 0.0828. The van der Waals surface area contributed by atoms with Gasteiger partial charge in [-0.15, -0.1) is 0 Å². The molecular weight excluding hydrogens is 404 g/mol. The molecule has 2 aliphatic rings. The number of esters is 1. The fourth-order valence-corrected chi connectivity index (χ4v) is 2.60. The van der Waals surface area contributed by atoms with Crippen LogP contribution in [-0.4, -0.2) is 57.2 Å². The zero-order chi connectivity index (χ0) is 21.7. The molecule has 2 aromatic carbocycles. The number of hydrogen-bond acceptors (Lipinski definition) is 8. The highest BCUT2D eigenvalue weighted by Gasteiger charge is 2.40. The highest BCUT2D eigenvalue weighted by Crippen LogP contribution is 2.26. The van der Waals surface area contributed by atoms with Crippen molar-refractivity contribution in [1.82, 2.24) is 0 Å². The van der Waals surface area contributed by atoms with Gasteiger partial charge in [-0.3, -0.25) is 0 Å². The summed E-state index contributed by atoms with van der Waals surface area (Å²) in [6.45, 7) is 6.62. The molecule has 4 rings (SSSR count). The predicted molar refractivity (Wildman–Crippen MR) is 109 cm³/mol. The van der Waals surface area contributed by atoms with E-state index in [0.717, 1.165) is 0 Å².